The first-order chi connectivity index (χ1) is 14.4. The van der Waals surface area contributed by atoms with Gasteiger partial charge in [0, 0.05) is 0 Å². The van der Waals surface area contributed by atoms with Gasteiger partial charge in [0.15, 0.2) is 0 Å². The maximum atomic E-state index is 12.6. The fourth-order valence-electron chi connectivity index (χ4n) is 2.38. The highest BCUT2D eigenvalue weighted by Crippen LogP contribution is 2.04. The van der Waals surface area contributed by atoms with Crippen LogP contribution in [0.4, 0.5) is 0 Å². The number of nitrogens with two attached hydrogens (primary N) is 3. The van der Waals surface area contributed by atoms with Gasteiger partial charge in [-0.15, -0.1) is 0 Å². The van der Waals surface area contributed by atoms with Gasteiger partial charge < -0.3 is 43.4 Å². The Kier molecular flexibility index (Phi) is 12.4. The summed E-state index contributed by atoms with van der Waals surface area (Å²) in [6.07, 6.45) is -0.328. The van der Waals surface area contributed by atoms with Gasteiger partial charge in [0.2, 0.25) is 23.6 Å². The molecule has 176 valence electrons. The Hall–Kier alpha value is -3.26. The van der Waals surface area contributed by atoms with Crippen molar-refractivity contribution in [3.8, 4) is 0 Å². The lowest BCUT2D eigenvalue weighted by Gasteiger charge is -2.24. The van der Waals surface area contributed by atoms with Gasteiger partial charge in [-0.25, -0.2) is 0 Å². The third-order valence-corrected chi connectivity index (χ3v) is 4.08. The summed E-state index contributed by atoms with van der Waals surface area (Å²) in [6.45, 7) is 1.55. The predicted molar refractivity (Wildman–Crippen MR) is 106 cm³/mol. The Bertz CT molecular complexity index is 686. The first-order valence-electron chi connectivity index (χ1n) is 9.48. The molecule has 0 aromatic carbocycles. The number of hydrogen-bond acceptors (Lipinski definition) is 8. The Morgan fingerprint density at radius 2 is 1.39 bits per heavy atom. The minimum absolute atomic E-state index is 0.0933. The fourth-order valence-corrected chi connectivity index (χ4v) is 2.38. The molecule has 0 aliphatic carbocycles. The minimum Gasteiger partial charge on any atom is -0.481 e. The van der Waals surface area contributed by atoms with Gasteiger partial charge in [-0.3, -0.25) is 28.8 Å². The molecule has 4 unspecified atom stereocenters. The van der Waals surface area contributed by atoms with Crippen molar-refractivity contribution in [2.45, 2.75) is 63.2 Å². The Morgan fingerprint density at radius 3 is 1.87 bits per heavy atom. The molecule has 0 aliphatic heterocycles. The van der Waals surface area contributed by atoms with Gasteiger partial charge in [-0.2, -0.15) is 0 Å². The van der Waals surface area contributed by atoms with Crippen LogP contribution in [-0.2, 0) is 28.8 Å². The maximum Gasteiger partial charge on any atom is 0.325 e. The molecule has 0 saturated heterocycles. The molecule has 0 aromatic rings. The number of carboxylic acid groups (broad SMARTS) is 2. The number of carbonyl (C=O) groups is 6. The van der Waals surface area contributed by atoms with E-state index < -0.39 is 72.6 Å². The summed E-state index contributed by atoms with van der Waals surface area (Å²) < 4.78 is 0. The Morgan fingerprint density at radius 1 is 0.839 bits per heavy atom. The van der Waals surface area contributed by atoms with E-state index in [0.717, 1.165) is 0 Å². The number of aliphatic carboxylic acids is 2. The summed E-state index contributed by atoms with van der Waals surface area (Å²) in [7, 11) is 0. The van der Waals surface area contributed by atoms with Crippen molar-refractivity contribution in [3.05, 3.63) is 0 Å². The molecule has 14 heteroatoms. The summed E-state index contributed by atoms with van der Waals surface area (Å²) in [5.74, 6) is -6.37. The lowest BCUT2D eigenvalue weighted by atomic mass is 10.1. The number of carboxylic acids is 2. The molecule has 0 fully saturated rings. The van der Waals surface area contributed by atoms with Crippen LogP contribution in [0.25, 0.3) is 0 Å². The highest BCUT2D eigenvalue weighted by atomic mass is 16.4. The molecule has 0 spiro atoms. The Labute approximate surface area is 178 Å². The average Bonchev–Trinajstić information content (AvgIpc) is 2.65. The van der Waals surface area contributed by atoms with E-state index in [1.165, 1.54) is 6.92 Å². The zero-order valence-corrected chi connectivity index (χ0v) is 17.1. The zero-order chi connectivity index (χ0) is 24.1. The number of carbonyl (C=O) groups excluding carboxylic acids is 4. The zero-order valence-electron chi connectivity index (χ0n) is 17.1. The normalized spacial score (nSPS) is 14.4. The van der Waals surface area contributed by atoms with Gasteiger partial charge >= 0.3 is 11.9 Å². The van der Waals surface area contributed by atoms with Gasteiger partial charge in [0.1, 0.15) is 18.1 Å². The molecule has 11 N–H and O–H groups in total. The fraction of sp³-hybridized carbons (Fsp3) is 0.647. The smallest absolute Gasteiger partial charge is 0.325 e. The van der Waals surface area contributed by atoms with Crippen molar-refractivity contribution in [2.24, 2.45) is 17.2 Å². The molecule has 4 amide bonds. The van der Waals surface area contributed by atoms with E-state index in [2.05, 4.69) is 16.0 Å². The molecule has 14 nitrogen and oxygen atoms in total. The molecule has 31 heavy (non-hydrogen) atoms. The number of nitrogens with one attached hydrogen (secondary N) is 3. The molecule has 0 aromatic heterocycles. The van der Waals surface area contributed by atoms with Crippen LogP contribution >= 0.6 is 0 Å². The second-order valence-corrected chi connectivity index (χ2v) is 6.85. The second kappa shape index (κ2) is 13.9. The number of primary amides is 1. The molecular weight excluding hydrogens is 416 g/mol. The van der Waals surface area contributed by atoms with Crippen molar-refractivity contribution in [2.75, 3.05) is 6.54 Å². The van der Waals surface area contributed by atoms with Gasteiger partial charge in [-0.1, -0.05) is 0 Å². The van der Waals surface area contributed by atoms with Crippen molar-refractivity contribution in [3.63, 3.8) is 0 Å². The highest BCUT2D eigenvalue weighted by Gasteiger charge is 2.30. The molecule has 0 saturated carbocycles. The third-order valence-electron chi connectivity index (χ3n) is 4.08. The van der Waals surface area contributed by atoms with Crippen molar-refractivity contribution in [1.82, 2.24) is 16.0 Å². The van der Waals surface area contributed by atoms with Crippen molar-refractivity contribution < 1.29 is 39.0 Å². The maximum absolute atomic E-state index is 12.6. The highest BCUT2D eigenvalue weighted by molar-refractivity contribution is 5.96. The SMILES string of the molecule is CC(NC(=O)C(CCCCN)NC(=O)C(CC(=O)O)NC(=O)C(N)CC(N)=O)C(=O)O. The first kappa shape index (κ1) is 27.7. The van der Waals surface area contributed by atoms with E-state index in [1.54, 1.807) is 0 Å². The van der Waals surface area contributed by atoms with Crippen LogP contribution in [-0.4, -0.2) is 76.5 Å². The van der Waals surface area contributed by atoms with E-state index >= 15 is 0 Å². The topological polar surface area (TPSA) is 257 Å². The van der Waals surface area contributed by atoms with Gasteiger partial charge in [0.25, 0.3) is 0 Å². The molecule has 0 rings (SSSR count). The van der Waals surface area contributed by atoms with Crippen LogP contribution in [0.2, 0.25) is 0 Å². The molecular formula is C17H30N6O8. The Balaban J connectivity index is 5.37. The van der Waals surface area contributed by atoms with Crippen LogP contribution in [0.1, 0.15) is 39.0 Å². The van der Waals surface area contributed by atoms with Crippen LogP contribution < -0.4 is 33.2 Å². The quantitative estimate of drug-likeness (QED) is 0.114. The number of rotatable bonds is 15. The predicted octanol–water partition coefficient (Wildman–Crippen LogP) is -3.65. The van der Waals surface area contributed by atoms with Crippen LogP contribution in [0.3, 0.4) is 0 Å². The standard InChI is InChI=1S/C17H30N6O8/c1-8(17(30)31)21-15(28)10(4-2-3-5-18)22-16(29)11(7-13(25)26)23-14(27)9(19)6-12(20)24/h8-11H,2-7,18-19H2,1H3,(H2,20,24)(H,21,28)(H,22,29)(H,23,27)(H,25,26)(H,30,31). The first-order valence-corrected chi connectivity index (χ1v) is 9.48. The molecule has 0 radical (unpaired) electrons. The lowest BCUT2D eigenvalue weighted by molar-refractivity contribution is -0.143. The van der Waals surface area contributed by atoms with E-state index in [-0.39, 0.29) is 6.42 Å². The second-order valence-electron chi connectivity index (χ2n) is 6.85. The van der Waals surface area contributed by atoms with Crippen molar-refractivity contribution in [1.29, 1.82) is 0 Å². The average molecular weight is 446 g/mol. The van der Waals surface area contributed by atoms with E-state index in [1.807, 2.05) is 0 Å². The number of amides is 4. The summed E-state index contributed by atoms with van der Waals surface area (Å²) in [5, 5.41) is 24.6. The van der Waals surface area contributed by atoms with Crippen molar-refractivity contribution >= 4 is 35.6 Å². The number of hydrogen-bond donors (Lipinski definition) is 8. The molecule has 0 heterocycles. The van der Waals surface area contributed by atoms with Gasteiger partial charge in [0.05, 0.1) is 18.9 Å². The molecule has 0 bridgehead atoms. The summed E-state index contributed by atoms with van der Waals surface area (Å²) in [6, 6.07) is -5.44. The van der Waals surface area contributed by atoms with Crippen LogP contribution in [0.5, 0.6) is 0 Å². The molecule has 4 atom stereocenters. The van der Waals surface area contributed by atoms with E-state index in [4.69, 9.17) is 27.4 Å². The third kappa shape index (κ3) is 11.5. The summed E-state index contributed by atoms with van der Waals surface area (Å²) in [4.78, 5) is 70.0. The van der Waals surface area contributed by atoms with Crippen LogP contribution in [0.15, 0.2) is 0 Å². The summed E-state index contributed by atoms with van der Waals surface area (Å²) in [5.41, 5.74) is 15.9. The number of unbranched alkanes of at least 4 members (excludes halogenated alkanes) is 1. The van der Waals surface area contributed by atoms with E-state index in [0.29, 0.717) is 19.4 Å². The van der Waals surface area contributed by atoms with Crippen LogP contribution in [0, 0.1) is 0 Å². The monoisotopic (exact) mass is 446 g/mol. The largest absolute Gasteiger partial charge is 0.481 e. The van der Waals surface area contributed by atoms with Gasteiger partial charge in [-0.05, 0) is 32.7 Å². The molecule has 0 aliphatic rings. The minimum atomic E-state index is -1.61. The lowest BCUT2D eigenvalue weighted by Crippen LogP contribution is -2.57. The summed E-state index contributed by atoms with van der Waals surface area (Å²) >= 11 is 0. The van der Waals surface area contributed by atoms with E-state index in [9.17, 15) is 28.8 Å².